The van der Waals surface area contributed by atoms with Crippen molar-refractivity contribution >= 4 is 15.7 Å². The van der Waals surface area contributed by atoms with Gasteiger partial charge >= 0.3 is 0 Å². The SMILES string of the molecule is Cc1cc(N)cc(S(=O)(=O)NCCC2CCCC2)c1. The Morgan fingerprint density at radius 3 is 2.58 bits per heavy atom. The second-order valence-corrected chi connectivity index (χ2v) is 7.18. The van der Waals surface area contributed by atoms with E-state index in [1.54, 1.807) is 12.1 Å². The first kappa shape index (κ1) is 14.3. The normalized spacial score (nSPS) is 16.9. The van der Waals surface area contributed by atoms with Gasteiger partial charge in [-0.2, -0.15) is 0 Å². The van der Waals surface area contributed by atoms with Gasteiger partial charge in [0.25, 0.3) is 0 Å². The quantitative estimate of drug-likeness (QED) is 0.815. The lowest BCUT2D eigenvalue weighted by molar-refractivity contribution is 0.495. The molecule has 4 nitrogen and oxygen atoms in total. The molecular formula is C14H22N2O2S. The van der Waals surface area contributed by atoms with Crippen LogP contribution in [0.15, 0.2) is 23.1 Å². The highest BCUT2D eigenvalue weighted by Crippen LogP contribution is 2.27. The molecule has 0 aromatic heterocycles. The first-order valence-corrected chi connectivity index (χ1v) is 8.32. The highest BCUT2D eigenvalue weighted by Gasteiger charge is 2.18. The van der Waals surface area contributed by atoms with Crippen molar-refractivity contribution in [2.45, 2.75) is 43.9 Å². The Balaban J connectivity index is 1.97. The van der Waals surface area contributed by atoms with E-state index in [-0.39, 0.29) is 4.90 Å². The second kappa shape index (κ2) is 5.92. The molecule has 0 radical (unpaired) electrons. The maximum atomic E-state index is 12.1. The standard InChI is InChI=1S/C14H22N2O2S/c1-11-8-13(15)10-14(9-11)19(17,18)16-7-6-12-4-2-3-5-12/h8-10,12,16H,2-7,15H2,1H3. The summed E-state index contributed by atoms with van der Waals surface area (Å²) in [5.74, 6) is 0.685. The summed E-state index contributed by atoms with van der Waals surface area (Å²) in [5, 5.41) is 0. The molecule has 1 aromatic rings. The number of nitrogens with one attached hydrogen (secondary N) is 1. The highest BCUT2D eigenvalue weighted by molar-refractivity contribution is 7.89. The van der Waals surface area contributed by atoms with Gasteiger partial charge in [0, 0.05) is 12.2 Å². The Kier molecular flexibility index (Phi) is 4.47. The lowest BCUT2D eigenvalue weighted by Gasteiger charge is -2.11. The number of aryl methyl sites for hydroxylation is 1. The number of nitrogens with two attached hydrogens (primary N) is 1. The van der Waals surface area contributed by atoms with Gasteiger partial charge in [-0.05, 0) is 43.0 Å². The van der Waals surface area contributed by atoms with E-state index >= 15 is 0 Å². The molecule has 1 aliphatic rings. The van der Waals surface area contributed by atoms with Crippen LogP contribution in [0.25, 0.3) is 0 Å². The number of hydrogen-bond acceptors (Lipinski definition) is 3. The smallest absolute Gasteiger partial charge is 0.240 e. The number of hydrogen-bond donors (Lipinski definition) is 2. The molecule has 0 aliphatic heterocycles. The van der Waals surface area contributed by atoms with Crippen LogP contribution < -0.4 is 10.5 Å². The number of nitrogen functional groups attached to an aromatic ring is 1. The van der Waals surface area contributed by atoms with E-state index < -0.39 is 10.0 Å². The molecule has 1 fully saturated rings. The number of sulfonamides is 1. The molecule has 0 saturated heterocycles. The van der Waals surface area contributed by atoms with Gasteiger partial charge in [0.15, 0.2) is 0 Å². The molecule has 3 N–H and O–H groups in total. The molecule has 1 saturated carbocycles. The Morgan fingerprint density at radius 2 is 1.95 bits per heavy atom. The third-order valence-corrected chi connectivity index (χ3v) is 5.14. The summed E-state index contributed by atoms with van der Waals surface area (Å²) in [6.07, 6.45) is 5.97. The summed E-state index contributed by atoms with van der Waals surface area (Å²) in [6.45, 7) is 2.36. The van der Waals surface area contributed by atoms with Crippen LogP contribution in [0.5, 0.6) is 0 Å². The molecule has 106 valence electrons. The molecule has 1 aromatic carbocycles. The fraction of sp³-hybridized carbons (Fsp3) is 0.571. The zero-order valence-electron chi connectivity index (χ0n) is 11.4. The molecule has 0 spiro atoms. The number of anilines is 1. The van der Waals surface area contributed by atoms with Crippen LogP contribution in [-0.2, 0) is 10.0 Å². The first-order valence-electron chi connectivity index (χ1n) is 6.84. The number of rotatable bonds is 5. The molecule has 0 amide bonds. The van der Waals surface area contributed by atoms with E-state index in [1.807, 2.05) is 6.92 Å². The molecule has 1 aliphatic carbocycles. The summed E-state index contributed by atoms with van der Waals surface area (Å²) in [5.41, 5.74) is 7.03. The van der Waals surface area contributed by atoms with Crippen molar-refractivity contribution in [1.29, 1.82) is 0 Å². The van der Waals surface area contributed by atoms with Crippen LogP contribution in [0.4, 0.5) is 5.69 Å². The van der Waals surface area contributed by atoms with Gasteiger partial charge in [-0.1, -0.05) is 25.7 Å². The summed E-state index contributed by atoms with van der Waals surface area (Å²) in [6, 6.07) is 4.91. The van der Waals surface area contributed by atoms with Crippen molar-refractivity contribution in [2.75, 3.05) is 12.3 Å². The minimum atomic E-state index is -3.43. The van der Waals surface area contributed by atoms with E-state index in [9.17, 15) is 8.42 Å². The third-order valence-electron chi connectivity index (χ3n) is 3.70. The lowest BCUT2D eigenvalue weighted by atomic mass is 10.1. The highest BCUT2D eigenvalue weighted by atomic mass is 32.2. The van der Waals surface area contributed by atoms with Gasteiger partial charge in [-0.3, -0.25) is 0 Å². The molecule has 2 rings (SSSR count). The minimum Gasteiger partial charge on any atom is -0.399 e. The van der Waals surface area contributed by atoms with Crippen molar-refractivity contribution in [3.8, 4) is 0 Å². The largest absolute Gasteiger partial charge is 0.399 e. The first-order chi connectivity index (χ1) is 8.97. The van der Waals surface area contributed by atoms with E-state index in [4.69, 9.17) is 5.73 Å². The van der Waals surface area contributed by atoms with Crippen LogP contribution in [0.2, 0.25) is 0 Å². The zero-order valence-corrected chi connectivity index (χ0v) is 12.2. The predicted molar refractivity (Wildman–Crippen MR) is 77.4 cm³/mol. The Bertz CT molecular complexity index is 514. The van der Waals surface area contributed by atoms with Crippen molar-refractivity contribution in [1.82, 2.24) is 4.72 Å². The van der Waals surface area contributed by atoms with Gasteiger partial charge in [0.2, 0.25) is 10.0 Å². The zero-order chi connectivity index (χ0) is 13.9. The van der Waals surface area contributed by atoms with E-state index in [1.165, 1.54) is 31.7 Å². The van der Waals surface area contributed by atoms with Gasteiger partial charge < -0.3 is 5.73 Å². The summed E-state index contributed by atoms with van der Waals surface area (Å²) >= 11 is 0. The van der Waals surface area contributed by atoms with Crippen LogP contribution in [0.1, 0.15) is 37.7 Å². The molecule has 0 unspecified atom stereocenters. The Hall–Kier alpha value is -1.07. The maximum Gasteiger partial charge on any atom is 0.240 e. The van der Waals surface area contributed by atoms with Crippen LogP contribution >= 0.6 is 0 Å². The molecule has 0 bridgehead atoms. The number of benzene rings is 1. The summed E-state index contributed by atoms with van der Waals surface area (Å²) in [7, 11) is -3.43. The Morgan fingerprint density at radius 1 is 1.26 bits per heavy atom. The maximum absolute atomic E-state index is 12.1. The monoisotopic (exact) mass is 282 g/mol. The van der Waals surface area contributed by atoms with Crippen molar-refractivity contribution in [3.05, 3.63) is 23.8 Å². The van der Waals surface area contributed by atoms with Gasteiger partial charge in [0.05, 0.1) is 4.90 Å². The molecule has 0 atom stereocenters. The summed E-state index contributed by atoms with van der Waals surface area (Å²) < 4.78 is 27.0. The van der Waals surface area contributed by atoms with E-state index in [0.29, 0.717) is 18.2 Å². The van der Waals surface area contributed by atoms with Crippen molar-refractivity contribution in [3.63, 3.8) is 0 Å². The molecule has 19 heavy (non-hydrogen) atoms. The van der Waals surface area contributed by atoms with E-state index in [2.05, 4.69) is 4.72 Å². The average Bonchev–Trinajstić information content (AvgIpc) is 2.80. The lowest BCUT2D eigenvalue weighted by Crippen LogP contribution is -2.26. The predicted octanol–water partition coefficient (Wildman–Crippen LogP) is 2.44. The summed E-state index contributed by atoms with van der Waals surface area (Å²) in [4.78, 5) is 0.261. The van der Waals surface area contributed by atoms with Crippen LogP contribution in [0, 0.1) is 12.8 Å². The molecular weight excluding hydrogens is 260 g/mol. The van der Waals surface area contributed by atoms with Gasteiger partial charge in [-0.25, -0.2) is 13.1 Å². The van der Waals surface area contributed by atoms with E-state index in [0.717, 1.165) is 12.0 Å². The fourth-order valence-electron chi connectivity index (χ4n) is 2.71. The minimum absolute atomic E-state index is 0.261. The van der Waals surface area contributed by atoms with Crippen LogP contribution in [0.3, 0.4) is 0 Å². The second-order valence-electron chi connectivity index (χ2n) is 5.42. The van der Waals surface area contributed by atoms with Crippen molar-refractivity contribution < 1.29 is 8.42 Å². The topological polar surface area (TPSA) is 72.2 Å². The van der Waals surface area contributed by atoms with Gasteiger partial charge in [-0.15, -0.1) is 0 Å². The molecule has 0 heterocycles. The average molecular weight is 282 g/mol. The molecule has 5 heteroatoms. The third kappa shape index (κ3) is 3.94. The fourth-order valence-corrected chi connectivity index (χ4v) is 3.90. The van der Waals surface area contributed by atoms with Crippen LogP contribution in [-0.4, -0.2) is 15.0 Å². The van der Waals surface area contributed by atoms with Gasteiger partial charge in [0.1, 0.15) is 0 Å². The Labute approximate surface area is 115 Å². The van der Waals surface area contributed by atoms with Crippen molar-refractivity contribution in [2.24, 2.45) is 5.92 Å².